The van der Waals surface area contributed by atoms with Crippen molar-refractivity contribution in [2.75, 3.05) is 13.1 Å². The Morgan fingerprint density at radius 3 is 3.04 bits per heavy atom. The molecule has 8 heteroatoms. The highest BCUT2D eigenvalue weighted by molar-refractivity contribution is 5.93. The molecule has 3 rings (SSSR count). The average molecular weight is 360 g/mol. The van der Waals surface area contributed by atoms with Crippen molar-refractivity contribution in [3.05, 3.63) is 47.5 Å². The summed E-state index contributed by atoms with van der Waals surface area (Å²) in [6.45, 7) is 3.29. The van der Waals surface area contributed by atoms with E-state index in [9.17, 15) is 14.0 Å². The van der Waals surface area contributed by atoms with Gasteiger partial charge in [0.1, 0.15) is 12.3 Å². The maximum absolute atomic E-state index is 13.5. The van der Waals surface area contributed by atoms with Gasteiger partial charge in [0.05, 0.1) is 11.7 Å². The van der Waals surface area contributed by atoms with E-state index >= 15 is 0 Å². The van der Waals surface area contributed by atoms with Gasteiger partial charge in [0.15, 0.2) is 11.6 Å². The van der Waals surface area contributed by atoms with E-state index in [2.05, 4.69) is 15.5 Å². The third-order valence-electron chi connectivity index (χ3n) is 4.13. The zero-order valence-electron chi connectivity index (χ0n) is 14.5. The van der Waals surface area contributed by atoms with Crippen LogP contribution in [-0.2, 0) is 11.4 Å². The average Bonchev–Trinajstić information content (AvgIpc) is 3.22. The highest BCUT2D eigenvalue weighted by Crippen LogP contribution is 2.17. The van der Waals surface area contributed by atoms with Crippen LogP contribution in [0.1, 0.15) is 35.9 Å². The monoisotopic (exact) mass is 360 g/mol. The van der Waals surface area contributed by atoms with E-state index in [1.54, 1.807) is 23.1 Å². The number of amides is 2. The fourth-order valence-corrected chi connectivity index (χ4v) is 2.88. The Hall–Kier alpha value is -2.90. The van der Waals surface area contributed by atoms with Gasteiger partial charge in [-0.25, -0.2) is 4.39 Å². The fourth-order valence-electron chi connectivity index (χ4n) is 2.88. The molecule has 1 fully saturated rings. The van der Waals surface area contributed by atoms with E-state index in [0.29, 0.717) is 25.2 Å². The molecule has 7 nitrogen and oxygen atoms in total. The van der Waals surface area contributed by atoms with Crippen molar-refractivity contribution < 1.29 is 18.7 Å². The molecule has 2 N–H and O–H groups in total. The molecule has 1 aliphatic rings. The second kappa shape index (κ2) is 7.99. The van der Waals surface area contributed by atoms with Crippen molar-refractivity contribution in [1.82, 2.24) is 20.4 Å². The van der Waals surface area contributed by atoms with Crippen molar-refractivity contribution >= 4 is 11.8 Å². The number of nitrogens with one attached hydrogen (secondary N) is 2. The van der Waals surface area contributed by atoms with Crippen LogP contribution in [0.3, 0.4) is 0 Å². The SMILES string of the molecule is CCCN1C[C@@H](NC(=O)c2cc(COc3ccccc3F)[nH]n2)CC1=O. The minimum atomic E-state index is -0.451. The number of H-pyrrole nitrogens is 1. The van der Waals surface area contributed by atoms with Crippen molar-refractivity contribution in [3.8, 4) is 5.75 Å². The molecule has 26 heavy (non-hydrogen) atoms. The number of para-hydroxylation sites is 1. The highest BCUT2D eigenvalue weighted by atomic mass is 19.1. The molecule has 0 spiro atoms. The summed E-state index contributed by atoms with van der Waals surface area (Å²) in [7, 11) is 0. The second-order valence-corrected chi connectivity index (χ2v) is 6.21. The van der Waals surface area contributed by atoms with Gasteiger partial charge < -0.3 is 15.0 Å². The Kier molecular flexibility index (Phi) is 5.50. The minimum Gasteiger partial charge on any atom is -0.484 e. The van der Waals surface area contributed by atoms with E-state index in [4.69, 9.17) is 4.74 Å². The van der Waals surface area contributed by atoms with Gasteiger partial charge in [-0.15, -0.1) is 0 Å². The van der Waals surface area contributed by atoms with Gasteiger partial charge in [-0.3, -0.25) is 14.7 Å². The topological polar surface area (TPSA) is 87.3 Å². The smallest absolute Gasteiger partial charge is 0.272 e. The van der Waals surface area contributed by atoms with Crippen LogP contribution in [-0.4, -0.2) is 46.0 Å². The molecule has 0 aliphatic carbocycles. The summed E-state index contributed by atoms with van der Waals surface area (Å²) in [4.78, 5) is 25.9. The summed E-state index contributed by atoms with van der Waals surface area (Å²) in [5, 5.41) is 9.49. The van der Waals surface area contributed by atoms with Gasteiger partial charge in [0, 0.05) is 19.5 Å². The lowest BCUT2D eigenvalue weighted by Crippen LogP contribution is -2.37. The summed E-state index contributed by atoms with van der Waals surface area (Å²) in [6, 6.07) is 7.43. The van der Waals surface area contributed by atoms with Gasteiger partial charge in [0.25, 0.3) is 5.91 Å². The Morgan fingerprint density at radius 1 is 1.46 bits per heavy atom. The van der Waals surface area contributed by atoms with Crippen molar-refractivity contribution in [3.63, 3.8) is 0 Å². The number of likely N-dealkylation sites (tertiary alicyclic amines) is 1. The second-order valence-electron chi connectivity index (χ2n) is 6.21. The number of hydrogen-bond acceptors (Lipinski definition) is 4. The summed E-state index contributed by atoms with van der Waals surface area (Å²) in [5.74, 6) is -0.617. The van der Waals surface area contributed by atoms with Crippen LogP contribution >= 0.6 is 0 Å². The molecule has 1 aromatic carbocycles. The predicted octanol–water partition coefficient (Wildman–Crippen LogP) is 1.87. The van der Waals surface area contributed by atoms with Gasteiger partial charge >= 0.3 is 0 Å². The van der Waals surface area contributed by atoms with Crippen LogP contribution in [0.2, 0.25) is 0 Å². The predicted molar refractivity (Wildman–Crippen MR) is 92.1 cm³/mol. The van der Waals surface area contributed by atoms with Crippen LogP contribution in [0.4, 0.5) is 4.39 Å². The standard InChI is InChI=1S/C18H21FN4O3/c1-2-7-23-10-12(9-17(23)24)20-18(25)15-8-13(21-22-15)11-26-16-6-4-3-5-14(16)19/h3-6,8,12H,2,7,9-11H2,1H3,(H,20,25)(H,21,22)/t12-/m0/s1. The van der Waals surface area contributed by atoms with Crippen molar-refractivity contribution in [2.24, 2.45) is 0 Å². The van der Waals surface area contributed by atoms with Gasteiger partial charge in [-0.1, -0.05) is 19.1 Å². The highest BCUT2D eigenvalue weighted by Gasteiger charge is 2.30. The van der Waals surface area contributed by atoms with Gasteiger partial charge in [0.2, 0.25) is 5.91 Å². The summed E-state index contributed by atoms with van der Waals surface area (Å²) in [5.41, 5.74) is 0.757. The molecule has 2 heterocycles. The zero-order valence-corrected chi connectivity index (χ0v) is 14.5. The number of aromatic amines is 1. The lowest BCUT2D eigenvalue weighted by atomic mass is 10.2. The molecule has 1 saturated heterocycles. The lowest BCUT2D eigenvalue weighted by molar-refractivity contribution is -0.127. The minimum absolute atomic E-state index is 0.0538. The first-order chi connectivity index (χ1) is 12.6. The molecular weight excluding hydrogens is 339 g/mol. The summed E-state index contributed by atoms with van der Waals surface area (Å²) >= 11 is 0. The maximum Gasteiger partial charge on any atom is 0.272 e. The molecule has 0 radical (unpaired) electrons. The normalized spacial score (nSPS) is 16.8. The molecular formula is C18H21FN4O3. The van der Waals surface area contributed by atoms with Crippen LogP contribution < -0.4 is 10.1 Å². The number of hydrogen-bond donors (Lipinski definition) is 2. The van der Waals surface area contributed by atoms with Gasteiger partial charge in [-0.2, -0.15) is 5.10 Å². The first kappa shape index (κ1) is 17.9. The number of rotatable bonds is 7. The quantitative estimate of drug-likeness (QED) is 0.789. The summed E-state index contributed by atoms with van der Waals surface area (Å²) < 4.78 is 18.9. The van der Waals surface area contributed by atoms with Crippen molar-refractivity contribution in [2.45, 2.75) is 32.4 Å². The zero-order chi connectivity index (χ0) is 18.5. The number of carbonyl (C=O) groups excluding carboxylic acids is 2. The van der Waals surface area contributed by atoms with E-state index < -0.39 is 5.82 Å². The Balaban J connectivity index is 1.53. The molecule has 2 aromatic rings. The van der Waals surface area contributed by atoms with Crippen LogP contribution in [0.25, 0.3) is 0 Å². The molecule has 0 saturated carbocycles. The molecule has 1 aromatic heterocycles. The van der Waals surface area contributed by atoms with Gasteiger partial charge in [-0.05, 0) is 24.6 Å². The van der Waals surface area contributed by atoms with E-state index in [1.165, 1.54) is 12.1 Å². The number of nitrogens with zero attached hydrogens (tertiary/aromatic N) is 2. The number of carbonyl (C=O) groups is 2. The van der Waals surface area contributed by atoms with E-state index in [-0.39, 0.29) is 35.9 Å². The number of halogens is 1. The Morgan fingerprint density at radius 2 is 2.27 bits per heavy atom. The summed E-state index contributed by atoms with van der Waals surface area (Å²) in [6.07, 6.45) is 1.19. The van der Waals surface area contributed by atoms with E-state index in [1.807, 2.05) is 6.92 Å². The Labute approximate surface area is 150 Å². The Bertz CT molecular complexity index is 792. The third kappa shape index (κ3) is 4.19. The molecule has 2 amide bonds. The first-order valence-corrected chi connectivity index (χ1v) is 8.57. The van der Waals surface area contributed by atoms with Crippen LogP contribution in [0, 0.1) is 5.82 Å². The van der Waals surface area contributed by atoms with Crippen LogP contribution in [0.15, 0.2) is 30.3 Å². The van der Waals surface area contributed by atoms with Crippen LogP contribution in [0.5, 0.6) is 5.75 Å². The molecule has 0 unspecified atom stereocenters. The third-order valence-corrected chi connectivity index (χ3v) is 4.13. The largest absolute Gasteiger partial charge is 0.484 e. The molecule has 138 valence electrons. The number of benzene rings is 1. The fraction of sp³-hybridized carbons (Fsp3) is 0.389. The number of aromatic nitrogens is 2. The maximum atomic E-state index is 13.5. The lowest BCUT2D eigenvalue weighted by Gasteiger charge is -2.15. The van der Waals surface area contributed by atoms with E-state index in [0.717, 1.165) is 6.42 Å². The molecule has 1 aliphatic heterocycles. The number of ether oxygens (including phenoxy) is 1. The van der Waals surface area contributed by atoms with Crippen molar-refractivity contribution in [1.29, 1.82) is 0 Å². The first-order valence-electron chi connectivity index (χ1n) is 8.57. The molecule has 0 bridgehead atoms. The molecule has 1 atom stereocenters.